The molecule has 3 N–H and O–H groups in total. The summed E-state index contributed by atoms with van der Waals surface area (Å²) in [6.45, 7) is 0. The summed E-state index contributed by atoms with van der Waals surface area (Å²) in [5.41, 5.74) is 6.26. The topological polar surface area (TPSA) is 81.3 Å². The van der Waals surface area contributed by atoms with Crippen LogP contribution in [-0.4, -0.2) is 22.2 Å². The summed E-state index contributed by atoms with van der Waals surface area (Å²) >= 11 is 0. The number of nitrogens with two attached hydrogens (primary N) is 1. The zero-order chi connectivity index (χ0) is 10.1. The van der Waals surface area contributed by atoms with Gasteiger partial charge in [-0.25, -0.2) is 9.97 Å². The fraction of sp³-hybridized carbons (Fsp3) is 0.111. The third-order valence-corrected chi connectivity index (χ3v) is 1.97. The van der Waals surface area contributed by atoms with Gasteiger partial charge in [-0.15, -0.1) is 0 Å². The van der Waals surface area contributed by atoms with E-state index in [1.807, 2.05) is 0 Å². The summed E-state index contributed by atoms with van der Waals surface area (Å²) in [7, 11) is 1.48. The second-order valence-corrected chi connectivity index (χ2v) is 2.80. The summed E-state index contributed by atoms with van der Waals surface area (Å²) in [5.74, 6) is 0.741. The Kier molecular flexibility index (Phi) is 1.85. The lowest BCUT2D eigenvalue weighted by Gasteiger charge is -2.05. The summed E-state index contributed by atoms with van der Waals surface area (Å²) in [4.78, 5) is 7.83. The maximum atomic E-state index is 9.50. The number of methoxy groups -OCH3 is 1. The zero-order valence-corrected chi connectivity index (χ0v) is 7.56. The average molecular weight is 191 g/mol. The maximum Gasteiger partial charge on any atom is 0.162 e. The van der Waals surface area contributed by atoms with E-state index in [1.165, 1.54) is 19.5 Å². The van der Waals surface area contributed by atoms with Crippen LogP contribution >= 0.6 is 0 Å². The molecule has 1 aromatic carbocycles. The number of fused-ring (bicyclic) bond motifs is 1. The van der Waals surface area contributed by atoms with Gasteiger partial charge in [-0.3, -0.25) is 0 Å². The Morgan fingerprint density at radius 3 is 2.86 bits per heavy atom. The van der Waals surface area contributed by atoms with E-state index in [0.29, 0.717) is 22.5 Å². The Balaban J connectivity index is 2.79. The molecule has 0 bridgehead atoms. The van der Waals surface area contributed by atoms with Crippen LogP contribution in [0.2, 0.25) is 0 Å². The summed E-state index contributed by atoms with van der Waals surface area (Å²) in [5, 5.41) is 10.1. The van der Waals surface area contributed by atoms with Gasteiger partial charge in [0.1, 0.15) is 12.1 Å². The lowest BCUT2D eigenvalue weighted by atomic mass is 10.2. The third kappa shape index (κ3) is 1.19. The van der Waals surface area contributed by atoms with Crippen LogP contribution in [0.25, 0.3) is 10.9 Å². The lowest BCUT2D eigenvalue weighted by Crippen LogP contribution is -1.93. The predicted molar refractivity (Wildman–Crippen MR) is 52.2 cm³/mol. The van der Waals surface area contributed by atoms with Gasteiger partial charge in [-0.2, -0.15) is 0 Å². The monoisotopic (exact) mass is 191 g/mol. The molecule has 0 saturated heterocycles. The lowest BCUT2D eigenvalue weighted by molar-refractivity contribution is 0.374. The van der Waals surface area contributed by atoms with Gasteiger partial charge in [-0.05, 0) is 6.07 Å². The zero-order valence-electron chi connectivity index (χ0n) is 7.56. The van der Waals surface area contributed by atoms with Crippen LogP contribution in [0.1, 0.15) is 0 Å². The van der Waals surface area contributed by atoms with Crippen LogP contribution < -0.4 is 10.5 Å². The molecule has 14 heavy (non-hydrogen) atoms. The van der Waals surface area contributed by atoms with Crippen molar-refractivity contribution in [1.29, 1.82) is 0 Å². The highest BCUT2D eigenvalue weighted by Gasteiger charge is 2.06. The van der Waals surface area contributed by atoms with E-state index < -0.39 is 0 Å². The molecule has 0 aliphatic carbocycles. The van der Waals surface area contributed by atoms with Crippen LogP contribution in [0.5, 0.6) is 11.5 Å². The van der Waals surface area contributed by atoms with Crippen molar-refractivity contribution < 1.29 is 9.84 Å². The quantitative estimate of drug-likeness (QED) is 0.700. The maximum absolute atomic E-state index is 9.50. The second-order valence-electron chi connectivity index (χ2n) is 2.80. The van der Waals surface area contributed by atoms with E-state index >= 15 is 0 Å². The fourth-order valence-corrected chi connectivity index (χ4v) is 1.26. The molecular weight excluding hydrogens is 182 g/mol. The number of ether oxygens (including phenoxy) is 1. The Morgan fingerprint density at radius 1 is 1.36 bits per heavy atom. The van der Waals surface area contributed by atoms with Crippen LogP contribution in [-0.2, 0) is 0 Å². The molecule has 0 fully saturated rings. The van der Waals surface area contributed by atoms with Crippen LogP contribution in [0.15, 0.2) is 18.5 Å². The molecule has 1 aromatic heterocycles. The number of aromatic hydroxyl groups is 1. The first kappa shape index (κ1) is 8.55. The Labute approximate surface area is 80.2 Å². The summed E-state index contributed by atoms with van der Waals surface area (Å²) < 4.78 is 4.94. The number of nitrogen functional groups attached to an aromatic ring is 1. The molecule has 2 rings (SSSR count). The van der Waals surface area contributed by atoms with Crippen LogP contribution in [0.4, 0.5) is 5.82 Å². The number of phenols is 1. The highest BCUT2D eigenvalue weighted by Crippen LogP contribution is 2.31. The minimum atomic E-state index is 0.0292. The van der Waals surface area contributed by atoms with Crippen LogP contribution in [0, 0.1) is 0 Å². The van der Waals surface area contributed by atoms with Crippen molar-refractivity contribution in [3.63, 3.8) is 0 Å². The van der Waals surface area contributed by atoms with Crippen LogP contribution in [0.3, 0.4) is 0 Å². The van der Waals surface area contributed by atoms with Gasteiger partial charge in [0, 0.05) is 11.5 Å². The Morgan fingerprint density at radius 2 is 2.14 bits per heavy atom. The minimum Gasteiger partial charge on any atom is -0.504 e. The molecule has 0 spiro atoms. The van der Waals surface area contributed by atoms with Gasteiger partial charge in [0.05, 0.1) is 12.6 Å². The molecule has 0 saturated carbocycles. The molecule has 5 nitrogen and oxygen atoms in total. The number of phenolic OH excluding ortho intramolecular Hbond substituents is 1. The smallest absolute Gasteiger partial charge is 0.162 e. The average Bonchev–Trinajstić information content (AvgIpc) is 2.19. The van der Waals surface area contributed by atoms with Gasteiger partial charge >= 0.3 is 0 Å². The molecule has 72 valence electrons. The van der Waals surface area contributed by atoms with E-state index in [4.69, 9.17) is 10.5 Å². The molecule has 0 aliphatic heterocycles. The number of aromatic nitrogens is 2. The number of anilines is 1. The van der Waals surface area contributed by atoms with E-state index in [0.717, 1.165) is 0 Å². The van der Waals surface area contributed by atoms with E-state index in [1.54, 1.807) is 6.07 Å². The van der Waals surface area contributed by atoms with Gasteiger partial charge in [0.15, 0.2) is 11.5 Å². The highest BCUT2D eigenvalue weighted by atomic mass is 16.5. The molecule has 0 unspecified atom stereocenters. The van der Waals surface area contributed by atoms with E-state index in [-0.39, 0.29) is 5.75 Å². The molecule has 1 heterocycles. The molecule has 0 aliphatic rings. The number of nitrogens with zero attached hydrogens (tertiary/aromatic N) is 2. The van der Waals surface area contributed by atoms with Gasteiger partial charge in [0.25, 0.3) is 0 Å². The largest absolute Gasteiger partial charge is 0.504 e. The van der Waals surface area contributed by atoms with E-state index in [2.05, 4.69) is 9.97 Å². The summed E-state index contributed by atoms with van der Waals surface area (Å²) in [6, 6.07) is 3.10. The fourth-order valence-electron chi connectivity index (χ4n) is 1.26. The second kappa shape index (κ2) is 3.02. The van der Waals surface area contributed by atoms with Crippen molar-refractivity contribution in [1.82, 2.24) is 9.97 Å². The minimum absolute atomic E-state index is 0.0292. The standard InChI is InChI=1S/C9H9N3O2/c1-14-8-3-6-5(2-7(8)13)9(10)12-4-11-6/h2-4,13H,1H3,(H2,10,11,12). The number of hydrogen-bond donors (Lipinski definition) is 2. The first-order valence-electron chi connectivity index (χ1n) is 3.99. The SMILES string of the molecule is COc1cc2ncnc(N)c2cc1O. The van der Waals surface area contributed by atoms with Crippen molar-refractivity contribution in [3.8, 4) is 11.5 Å². The third-order valence-electron chi connectivity index (χ3n) is 1.97. The van der Waals surface area contributed by atoms with Crippen molar-refractivity contribution in [2.75, 3.05) is 12.8 Å². The van der Waals surface area contributed by atoms with Crippen molar-refractivity contribution in [2.45, 2.75) is 0 Å². The van der Waals surface area contributed by atoms with Gasteiger partial charge in [-0.1, -0.05) is 0 Å². The molecular formula is C9H9N3O2. The predicted octanol–water partition coefficient (Wildman–Crippen LogP) is 0.926. The molecule has 0 amide bonds. The first-order valence-corrected chi connectivity index (χ1v) is 3.99. The van der Waals surface area contributed by atoms with Crippen molar-refractivity contribution in [2.24, 2.45) is 0 Å². The molecule has 5 heteroatoms. The number of rotatable bonds is 1. The Hall–Kier alpha value is -2.04. The molecule has 0 atom stereocenters. The highest BCUT2D eigenvalue weighted by molar-refractivity contribution is 5.90. The first-order chi connectivity index (χ1) is 6.72. The van der Waals surface area contributed by atoms with Gasteiger partial charge in [0.2, 0.25) is 0 Å². The van der Waals surface area contributed by atoms with Crippen molar-refractivity contribution >= 4 is 16.7 Å². The van der Waals surface area contributed by atoms with Crippen molar-refractivity contribution in [3.05, 3.63) is 18.5 Å². The summed E-state index contributed by atoms with van der Waals surface area (Å²) in [6.07, 6.45) is 1.37. The molecule has 0 radical (unpaired) electrons. The van der Waals surface area contributed by atoms with E-state index in [9.17, 15) is 5.11 Å². The number of hydrogen-bond acceptors (Lipinski definition) is 5. The normalized spacial score (nSPS) is 10.4. The van der Waals surface area contributed by atoms with Gasteiger partial charge < -0.3 is 15.6 Å². The Bertz CT molecular complexity index is 485. The molecule has 2 aromatic rings. The number of benzene rings is 1.